The van der Waals surface area contributed by atoms with Crippen LogP contribution in [0.1, 0.15) is 26.5 Å². The van der Waals surface area contributed by atoms with Crippen LogP contribution in [0.15, 0.2) is 6.20 Å². The van der Waals surface area contributed by atoms with Gasteiger partial charge in [0.1, 0.15) is 0 Å². The molecule has 6 nitrogen and oxygen atoms in total. The van der Waals surface area contributed by atoms with Crippen LogP contribution < -0.4 is 11.3 Å². The lowest BCUT2D eigenvalue weighted by molar-refractivity contribution is 0.0475. The number of hydrogen-bond donors (Lipinski definition) is 2. The molecule has 5 unspecified atom stereocenters. The highest BCUT2D eigenvalue weighted by Crippen LogP contribution is 2.35. The summed E-state index contributed by atoms with van der Waals surface area (Å²) in [5.74, 6) is 6.60. The highest BCUT2D eigenvalue weighted by Gasteiger charge is 2.41. The monoisotopic (exact) mass is 253 g/mol. The van der Waals surface area contributed by atoms with Crippen molar-refractivity contribution < 1.29 is 4.74 Å². The standard InChI is InChI=1S/C12H23N5O/c1-7-8(2)18-9(3)12(7)11(14-13)5-10-6-17(4)16-15-10/h6-9,11-12,14H,5,13H2,1-4H3. The highest BCUT2D eigenvalue weighted by molar-refractivity contribution is 5.00. The van der Waals surface area contributed by atoms with Crippen LogP contribution in [0.4, 0.5) is 0 Å². The Kier molecular flexibility index (Phi) is 3.99. The molecule has 5 atom stereocenters. The van der Waals surface area contributed by atoms with Crippen molar-refractivity contribution in [3.8, 4) is 0 Å². The molecule has 102 valence electrons. The van der Waals surface area contributed by atoms with E-state index in [0.29, 0.717) is 11.8 Å². The van der Waals surface area contributed by atoms with Crippen LogP contribution in [0.3, 0.4) is 0 Å². The lowest BCUT2D eigenvalue weighted by Gasteiger charge is -2.27. The Balaban J connectivity index is 2.08. The molecule has 1 aromatic heterocycles. The van der Waals surface area contributed by atoms with Crippen LogP contribution in [0.25, 0.3) is 0 Å². The average molecular weight is 253 g/mol. The molecule has 0 aromatic carbocycles. The quantitative estimate of drug-likeness (QED) is 0.594. The molecule has 18 heavy (non-hydrogen) atoms. The minimum Gasteiger partial charge on any atom is -0.375 e. The summed E-state index contributed by atoms with van der Waals surface area (Å²) >= 11 is 0. The number of nitrogens with one attached hydrogen (secondary N) is 1. The van der Waals surface area contributed by atoms with Gasteiger partial charge in [-0.05, 0) is 19.8 Å². The van der Waals surface area contributed by atoms with E-state index in [1.54, 1.807) is 4.68 Å². The van der Waals surface area contributed by atoms with Crippen molar-refractivity contribution in [1.82, 2.24) is 20.4 Å². The third-order valence-corrected chi connectivity index (χ3v) is 4.08. The summed E-state index contributed by atoms with van der Waals surface area (Å²) in [6.45, 7) is 6.46. The summed E-state index contributed by atoms with van der Waals surface area (Å²) in [5.41, 5.74) is 3.88. The number of aromatic nitrogens is 3. The Morgan fingerprint density at radius 3 is 2.61 bits per heavy atom. The van der Waals surface area contributed by atoms with Gasteiger partial charge in [0.15, 0.2) is 0 Å². The fourth-order valence-corrected chi connectivity index (χ4v) is 3.01. The normalized spacial score (nSPS) is 33.8. The number of nitrogens with zero attached hydrogens (tertiary/aromatic N) is 3. The fraction of sp³-hybridized carbons (Fsp3) is 0.833. The molecule has 2 heterocycles. The second-order valence-electron chi connectivity index (χ2n) is 5.34. The Morgan fingerprint density at radius 1 is 1.44 bits per heavy atom. The van der Waals surface area contributed by atoms with E-state index >= 15 is 0 Å². The largest absolute Gasteiger partial charge is 0.375 e. The molecule has 0 radical (unpaired) electrons. The number of hydrogen-bond acceptors (Lipinski definition) is 5. The topological polar surface area (TPSA) is 78.0 Å². The molecular weight excluding hydrogens is 230 g/mol. The SMILES string of the molecule is CC1OC(C)C(C(Cc2cn(C)nn2)NN)C1C. The summed E-state index contributed by atoms with van der Waals surface area (Å²) in [6, 6.07) is 0.164. The van der Waals surface area contributed by atoms with Crippen LogP contribution in [-0.4, -0.2) is 33.2 Å². The number of nitrogens with two attached hydrogens (primary N) is 1. The van der Waals surface area contributed by atoms with E-state index in [1.165, 1.54) is 0 Å². The van der Waals surface area contributed by atoms with Crippen molar-refractivity contribution in [2.45, 2.75) is 45.4 Å². The van der Waals surface area contributed by atoms with Gasteiger partial charge in [-0.3, -0.25) is 16.0 Å². The zero-order chi connectivity index (χ0) is 13.3. The number of rotatable bonds is 4. The van der Waals surface area contributed by atoms with Gasteiger partial charge in [0.25, 0.3) is 0 Å². The first-order valence-corrected chi connectivity index (χ1v) is 6.49. The Bertz CT molecular complexity index is 394. The van der Waals surface area contributed by atoms with Crippen LogP contribution in [0.5, 0.6) is 0 Å². The van der Waals surface area contributed by atoms with Crippen molar-refractivity contribution in [3.05, 3.63) is 11.9 Å². The summed E-state index contributed by atoms with van der Waals surface area (Å²) in [7, 11) is 1.87. The van der Waals surface area contributed by atoms with Crippen LogP contribution in [0.2, 0.25) is 0 Å². The summed E-state index contributed by atoms with van der Waals surface area (Å²) in [5, 5.41) is 8.07. The Morgan fingerprint density at radius 2 is 2.17 bits per heavy atom. The fourth-order valence-electron chi connectivity index (χ4n) is 3.01. The number of ether oxygens (including phenoxy) is 1. The maximum absolute atomic E-state index is 5.87. The minimum atomic E-state index is 0.164. The third kappa shape index (κ3) is 2.55. The average Bonchev–Trinajstić information content (AvgIpc) is 2.82. The van der Waals surface area contributed by atoms with E-state index in [0.717, 1.165) is 12.1 Å². The molecular formula is C12H23N5O. The second-order valence-corrected chi connectivity index (χ2v) is 5.34. The summed E-state index contributed by atoms with van der Waals surface area (Å²) < 4.78 is 7.59. The Hall–Kier alpha value is -0.980. The van der Waals surface area contributed by atoms with Gasteiger partial charge in [0.2, 0.25) is 0 Å². The molecule has 0 bridgehead atoms. The van der Waals surface area contributed by atoms with Crippen molar-refractivity contribution in [2.24, 2.45) is 24.7 Å². The maximum Gasteiger partial charge on any atom is 0.0843 e. The van der Waals surface area contributed by atoms with Crippen molar-refractivity contribution in [1.29, 1.82) is 0 Å². The lowest BCUT2D eigenvalue weighted by atomic mass is 9.82. The molecule has 2 rings (SSSR count). The molecule has 0 saturated carbocycles. The van der Waals surface area contributed by atoms with Crippen molar-refractivity contribution >= 4 is 0 Å². The summed E-state index contributed by atoms with van der Waals surface area (Å²) in [6.07, 6.45) is 3.20. The van der Waals surface area contributed by atoms with Gasteiger partial charge >= 0.3 is 0 Å². The molecule has 0 spiro atoms. The zero-order valence-corrected chi connectivity index (χ0v) is 11.5. The van der Waals surface area contributed by atoms with E-state index < -0.39 is 0 Å². The second kappa shape index (κ2) is 5.34. The van der Waals surface area contributed by atoms with Crippen LogP contribution in [-0.2, 0) is 18.2 Å². The minimum absolute atomic E-state index is 0.164. The first-order chi connectivity index (χ1) is 8.52. The van der Waals surface area contributed by atoms with E-state index in [4.69, 9.17) is 10.6 Å². The predicted octanol–water partition coefficient (Wildman–Crippen LogP) is 0.249. The van der Waals surface area contributed by atoms with Gasteiger partial charge in [0, 0.05) is 31.6 Å². The molecule has 0 aliphatic carbocycles. The highest BCUT2D eigenvalue weighted by atomic mass is 16.5. The Labute approximate surface area is 108 Å². The molecule has 1 aliphatic heterocycles. The van der Waals surface area contributed by atoms with Gasteiger partial charge in [-0.25, -0.2) is 0 Å². The number of aryl methyl sites for hydroxylation is 1. The molecule has 6 heteroatoms. The summed E-state index contributed by atoms with van der Waals surface area (Å²) in [4.78, 5) is 0. The van der Waals surface area contributed by atoms with Gasteiger partial charge in [-0.1, -0.05) is 12.1 Å². The van der Waals surface area contributed by atoms with E-state index in [-0.39, 0.29) is 18.2 Å². The smallest absolute Gasteiger partial charge is 0.0843 e. The molecule has 1 aliphatic rings. The zero-order valence-electron chi connectivity index (χ0n) is 11.5. The molecule has 3 N–H and O–H groups in total. The van der Waals surface area contributed by atoms with E-state index in [9.17, 15) is 0 Å². The van der Waals surface area contributed by atoms with E-state index in [1.807, 2.05) is 13.2 Å². The van der Waals surface area contributed by atoms with Crippen LogP contribution >= 0.6 is 0 Å². The molecule has 1 aromatic rings. The van der Waals surface area contributed by atoms with Gasteiger partial charge in [-0.15, -0.1) is 5.10 Å². The predicted molar refractivity (Wildman–Crippen MR) is 68.5 cm³/mol. The van der Waals surface area contributed by atoms with Crippen molar-refractivity contribution in [3.63, 3.8) is 0 Å². The van der Waals surface area contributed by atoms with Gasteiger partial charge < -0.3 is 4.74 Å². The van der Waals surface area contributed by atoms with E-state index in [2.05, 4.69) is 36.5 Å². The maximum atomic E-state index is 5.87. The molecule has 1 saturated heterocycles. The molecule has 1 fully saturated rings. The first-order valence-electron chi connectivity index (χ1n) is 6.49. The van der Waals surface area contributed by atoms with Crippen molar-refractivity contribution in [2.75, 3.05) is 0 Å². The lowest BCUT2D eigenvalue weighted by Crippen LogP contribution is -2.46. The van der Waals surface area contributed by atoms with Gasteiger partial charge in [0.05, 0.1) is 17.9 Å². The molecule has 0 amide bonds. The third-order valence-electron chi connectivity index (χ3n) is 4.08. The van der Waals surface area contributed by atoms with Gasteiger partial charge in [-0.2, -0.15) is 0 Å². The first kappa shape index (κ1) is 13.5. The van der Waals surface area contributed by atoms with Crippen LogP contribution in [0, 0.1) is 11.8 Å². The number of hydrazine groups is 1.